The predicted molar refractivity (Wildman–Crippen MR) is 47.8 cm³/mol. The molecule has 1 aromatic rings. The second kappa shape index (κ2) is 3.86. The molecule has 1 rings (SSSR count). The third kappa shape index (κ3) is 2.72. The fourth-order valence-corrected chi connectivity index (χ4v) is 1.00. The first-order valence-electron chi connectivity index (χ1n) is 3.78. The van der Waals surface area contributed by atoms with Crippen molar-refractivity contribution in [1.29, 1.82) is 0 Å². The van der Waals surface area contributed by atoms with Crippen molar-refractivity contribution in [3.8, 4) is 0 Å². The molecule has 5 heteroatoms. The van der Waals surface area contributed by atoms with Crippen LogP contribution < -0.4 is 11.5 Å². The summed E-state index contributed by atoms with van der Waals surface area (Å²) in [6, 6.07) is 2.71. The molecule has 1 aromatic heterocycles. The summed E-state index contributed by atoms with van der Waals surface area (Å²) in [5.74, 6) is -0.582. The van der Waals surface area contributed by atoms with Crippen LogP contribution in [0, 0.1) is 0 Å². The zero-order chi connectivity index (χ0) is 9.84. The number of rotatable bonds is 3. The van der Waals surface area contributed by atoms with Crippen LogP contribution in [0.4, 0.5) is 5.82 Å². The summed E-state index contributed by atoms with van der Waals surface area (Å²) in [4.78, 5) is 14.1. The highest BCUT2D eigenvalue weighted by Crippen LogP contribution is 2.14. The minimum atomic E-state index is -0.928. The van der Waals surface area contributed by atoms with E-state index in [2.05, 4.69) is 4.98 Å². The number of pyridine rings is 1. The number of hydrogen-bond donors (Lipinski definition) is 3. The van der Waals surface area contributed by atoms with Crippen molar-refractivity contribution in [3.05, 3.63) is 23.9 Å². The molecular formula is C8H11N3O2. The van der Waals surface area contributed by atoms with Gasteiger partial charge in [0, 0.05) is 12.2 Å². The Labute approximate surface area is 75.4 Å². The molecule has 5 N–H and O–H groups in total. The first-order valence-corrected chi connectivity index (χ1v) is 3.78. The highest BCUT2D eigenvalue weighted by Gasteiger charge is 2.10. The summed E-state index contributed by atoms with van der Waals surface area (Å²) in [5, 5.41) is 8.49. The summed E-state index contributed by atoms with van der Waals surface area (Å²) < 4.78 is 0. The summed E-state index contributed by atoms with van der Waals surface area (Å²) in [6.07, 6.45) is 1.40. The van der Waals surface area contributed by atoms with E-state index in [9.17, 15) is 4.79 Å². The predicted octanol–water partition coefficient (Wildman–Crippen LogP) is 0.138. The average molecular weight is 181 g/mol. The van der Waals surface area contributed by atoms with Crippen molar-refractivity contribution >= 4 is 11.8 Å². The highest BCUT2D eigenvalue weighted by atomic mass is 16.4. The lowest BCUT2D eigenvalue weighted by Gasteiger charge is -2.08. The number of carboxylic acid groups (broad SMARTS) is 1. The third-order valence-electron chi connectivity index (χ3n) is 1.63. The number of carbonyl (C=O) groups is 1. The summed E-state index contributed by atoms with van der Waals surface area (Å²) >= 11 is 0. The van der Waals surface area contributed by atoms with E-state index in [1.165, 1.54) is 6.20 Å². The van der Waals surface area contributed by atoms with Crippen LogP contribution in [-0.4, -0.2) is 16.1 Å². The van der Waals surface area contributed by atoms with Crippen LogP contribution in [0.5, 0.6) is 0 Å². The van der Waals surface area contributed by atoms with Gasteiger partial charge in [0.2, 0.25) is 0 Å². The van der Waals surface area contributed by atoms with Gasteiger partial charge in [0.15, 0.2) is 0 Å². The molecule has 70 valence electrons. The van der Waals surface area contributed by atoms with Crippen LogP contribution in [0.2, 0.25) is 0 Å². The Balaban J connectivity index is 2.76. The van der Waals surface area contributed by atoms with Gasteiger partial charge >= 0.3 is 5.97 Å². The van der Waals surface area contributed by atoms with Gasteiger partial charge in [0.05, 0.1) is 6.42 Å². The molecule has 1 heterocycles. The molecule has 0 saturated carbocycles. The van der Waals surface area contributed by atoms with Crippen molar-refractivity contribution < 1.29 is 9.90 Å². The van der Waals surface area contributed by atoms with Gasteiger partial charge in [-0.05, 0) is 17.7 Å². The van der Waals surface area contributed by atoms with E-state index in [1.807, 2.05) is 0 Å². The molecule has 1 atom stereocenters. The minimum absolute atomic E-state index is 0.108. The second-order valence-corrected chi connectivity index (χ2v) is 2.72. The van der Waals surface area contributed by atoms with Gasteiger partial charge in [-0.1, -0.05) is 0 Å². The lowest BCUT2D eigenvalue weighted by Crippen LogP contribution is -2.15. The maximum atomic E-state index is 10.3. The average Bonchev–Trinajstić information content (AvgIpc) is 2.03. The largest absolute Gasteiger partial charge is 0.481 e. The van der Waals surface area contributed by atoms with E-state index in [4.69, 9.17) is 16.6 Å². The molecule has 0 fully saturated rings. The lowest BCUT2D eigenvalue weighted by molar-refractivity contribution is -0.137. The van der Waals surface area contributed by atoms with Crippen LogP contribution >= 0.6 is 0 Å². The topological polar surface area (TPSA) is 102 Å². The zero-order valence-electron chi connectivity index (χ0n) is 6.97. The van der Waals surface area contributed by atoms with Crippen molar-refractivity contribution in [2.75, 3.05) is 5.73 Å². The van der Waals surface area contributed by atoms with Crippen LogP contribution in [0.15, 0.2) is 18.3 Å². The molecule has 13 heavy (non-hydrogen) atoms. The molecule has 0 aromatic carbocycles. The summed E-state index contributed by atoms with van der Waals surface area (Å²) in [7, 11) is 0. The van der Waals surface area contributed by atoms with Crippen LogP contribution in [-0.2, 0) is 4.79 Å². The van der Waals surface area contributed by atoms with E-state index >= 15 is 0 Å². The molecule has 5 nitrogen and oxygen atoms in total. The van der Waals surface area contributed by atoms with E-state index in [0.29, 0.717) is 11.4 Å². The van der Waals surface area contributed by atoms with Gasteiger partial charge in [-0.25, -0.2) is 4.98 Å². The third-order valence-corrected chi connectivity index (χ3v) is 1.63. The lowest BCUT2D eigenvalue weighted by atomic mass is 10.1. The van der Waals surface area contributed by atoms with Crippen LogP contribution in [0.25, 0.3) is 0 Å². The number of carboxylic acids is 1. The number of anilines is 1. The Morgan fingerprint density at radius 2 is 2.38 bits per heavy atom. The fourth-order valence-electron chi connectivity index (χ4n) is 1.00. The van der Waals surface area contributed by atoms with Gasteiger partial charge < -0.3 is 16.6 Å². The molecule has 0 amide bonds. The number of nitrogen functional groups attached to an aromatic ring is 1. The van der Waals surface area contributed by atoms with Crippen molar-refractivity contribution in [2.45, 2.75) is 12.5 Å². The Morgan fingerprint density at radius 1 is 1.69 bits per heavy atom. The summed E-state index contributed by atoms with van der Waals surface area (Å²) in [6.45, 7) is 0. The molecule has 0 saturated heterocycles. The van der Waals surface area contributed by atoms with Gasteiger partial charge in [0.1, 0.15) is 5.82 Å². The van der Waals surface area contributed by atoms with Gasteiger partial charge in [-0.15, -0.1) is 0 Å². The SMILES string of the molecule is Nc1cc([C@@H](N)CC(=O)O)ccn1. The second-order valence-electron chi connectivity index (χ2n) is 2.72. The molecule has 0 aliphatic carbocycles. The first-order chi connectivity index (χ1) is 6.09. The molecule has 0 aliphatic heterocycles. The first kappa shape index (κ1) is 9.47. The minimum Gasteiger partial charge on any atom is -0.481 e. The van der Waals surface area contributed by atoms with Gasteiger partial charge in [-0.2, -0.15) is 0 Å². The smallest absolute Gasteiger partial charge is 0.305 e. The molecule has 0 bridgehead atoms. The number of aromatic nitrogens is 1. The number of aliphatic carboxylic acids is 1. The van der Waals surface area contributed by atoms with Gasteiger partial charge in [-0.3, -0.25) is 4.79 Å². The highest BCUT2D eigenvalue weighted by molar-refractivity contribution is 5.67. The fraction of sp³-hybridized carbons (Fsp3) is 0.250. The van der Waals surface area contributed by atoms with Crippen molar-refractivity contribution in [3.63, 3.8) is 0 Å². The number of nitrogens with two attached hydrogens (primary N) is 2. The van der Waals surface area contributed by atoms with Crippen LogP contribution in [0.3, 0.4) is 0 Å². The Morgan fingerprint density at radius 3 is 2.92 bits per heavy atom. The Hall–Kier alpha value is -1.62. The van der Waals surface area contributed by atoms with E-state index < -0.39 is 12.0 Å². The zero-order valence-corrected chi connectivity index (χ0v) is 6.97. The Bertz CT molecular complexity index is 314. The molecule has 0 aliphatic rings. The molecule has 0 radical (unpaired) electrons. The Kier molecular flexibility index (Phi) is 2.81. The standard InChI is InChI=1S/C8H11N3O2/c9-6(4-8(12)13)5-1-2-11-7(10)3-5/h1-3,6H,4,9H2,(H2,10,11)(H,12,13)/t6-/m0/s1. The number of nitrogens with zero attached hydrogens (tertiary/aromatic N) is 1. The number of hydrogen-bond acceptors (Lipinski definition) is 4. The maximum Gasteiger partial charge on any atom is 0.305 e. The van der Waals surface area contributed by atoms with Gasteiger partial charge in [0.25, 0.3) is 0 Å². The molecular weight excluding hydrogens is 170 g/mol. The quantitative estimate of drug-likeness (QED) is 0.615. The van der Waals surface area contributed by atoms with Crippen LogP contribution in [0.1, 0.15) is 18.0 Å². The summed E-state index contributed by atoms with van der Waals surface area (Å²) in [5.41, 5.74) is 11.7. The van der Waals surface area contributed by atoms with E-state index in [-0.39, 0.29) is 6.42 Å². The molecule has 0 spiro atoms. The monoisotopic (exact) mass is 181 g/mol. The maximum absolute atomic E-state index is 10.3. The van der Waals surface area contributed by atoms with E-state index in [1.54, 1.807) is 12.1 Å². The van der Waals surface area contributed by atoms with Crippen molar-refractivity contribution in [2.24, 2.45) is 5.73 Å². The molecule has 0 unspecified atom stereocenters. The van der Waals surface area contributed by atoms with E-state index in [0.717, 1.165) is 0 Å². The normalized spacial score (nSPS) is 12.4. The van der Waals surface area contributed by atoms with Crippen molar-refractivity contribution in [1.82, 2.24) is 4.98 Å².